The molecule has 0 fully saturated rings. The highest BCUT2D eigenvalue weighted by atomic mass is 32.1. The van der Waals surface area contributed by atoms with Crippen molar-refractivity contribution in [3.05, 3.63) is 23.8 Å². The van der Waals surface area contributed by atoms with E-state index >= 15 is 0 Å². The van der Waals surface area contributed by atoms with Gasteiger partial charge in [0.15, 0.2) is 0 Å². The minimum absolute atomic E-state index is 0.383. The van der Waals surface area contributed by atoms with Crippen LogP contribution in [-0.2, 0) is 6.42 Å². The Labute approximate surface area is 90.9 Å². The van der Waals surface area contributed by atoms with Crippen LogP contribution in [-0.4, -0.2) is 6.10 Å². The zero-order valence-electron chi connectivity index (χ0n) is 8.66. The molecule has 1 nitrogen and oxygen atoms in total. The number of hydrogen-bond acceptors (Lipinski definition) is 2. The smallest absolute Gasteiger partial charge is 0.122 e. The highest BCUT2D eigenvalue weighted by Gasteiger charge is 2.21. The zero-order valence-corrected chi connectivity index (χ0v) is 9.55. The summed E-state index contributed by atoms with van der Waals surface area (Å²) in [5.41, 5.74) is 1.30. The predicted octanol–water partition coefficient (Wildman–Crippen LogP) is 3.32. The van der Waals surface area contributed by atoms with Crippen LogP contribution in [0, 0.1) is 5.92 Å². The standard InChI is InChI=1S/C12H16OS/c1-8(2)11-5-3-9-7-10(14)4-6-12(9)13-11/h4,6-8,11,14H,3,5H2,1-2H3. The summed E-state index contributed by atoms with van der Waals surface area (Å²) in [5.74, 6) is 1.64. The van der Waals surface area contributed by atoms with Gasteiger partial charge < -0.3 is 4.74 Å². The molecule has 1 unspecified atom stereocenters. The number of ether oxygens (including phenoxy) is 1. The first-order chi connectivity index (χ1) is 6.66. The molecule has 0 saturated heterocycles. The van der Waals surface area contributed by atoms with E-state index in [4.69, 9.17) is 4.74 Å². The van der Waals surface area contributed by atoms with Crippen LogP contribution in [0.5, 0.6) is 5.75 Å². The minimum Gasteiger partial charge on any atom is -0.490 e. The van der Waals surface area contributed by atoms with Crippen LogP contribution in [0.25, 0.3) is 0 Å². The van der Waals surface area contributed by atoms with Crippen LogP contribution in [0.2, 0.25) is 0 Å². The normalized spacial score (nSPS) is 20.4. The molecule has 1 aromatic rings. The average molecular weight is 208 g/mol. The van der Waals surface area contributed by atoms with Gasteiger partial charge in [0.25, 0.3) is 0 Å². The fourth-order valence-electron chi connectivity index (χ4n) is 1.87. The molecule has 0 bridgehead atoms. The lowest BCUT2D eigenvalue weighted by Crippen LogP contribution is -2.27. The highest BCUT2D eigenvalue weighted by molar-refractivity contribution is 7.80. The van der Waals surface area contributed by atoms with E-state index in [9.17, 15) is 0 Å². The lowest BCUT2D eigenvalue weighted by molar-refractivity contribution is 0.127. The molecule has 0 amide bonds. The van der Waals surface area contributed by atoms with E-state index < -0.39 is 0 Å². The van der Waals surface area contributed by atoms with Gasteiger partial charge in [0.05, 0.1) is 0 Å². The molecule has 76 valence electrons. The molecule has 1 aliphatic rings. The third kappa shape index (κ3) is 1.90. The Morgan fingerprint density at radius 1 is 1.43 bits per heavy atom. The molecule has 2 heteroatoms. The lowest BCUT2D eigenvalue weighted by atomic mass is 9.96. The first-order valence-electron chi connectivity index (χ1n) is 5.15. The third-order valence-electron chi connectivity index (χ3n) is 2.76. The second-order valence-corrected chi connectivity index (χ2v) is 4.75. The van der Waals surface area contributed by atoms with Crippen LogP contribution < -0.4 is 4.74 Å². The van der Waals surface area contributed by atoms with Gasteiger partial charge in [-0.3, -0.25) is 0 Å². The van der Waals surface area contributed by atoms with Gasteiger partial charge in [-0.15, -0.1) is 12.6 Å². The van der Waals surface area contributed by atoms with E-state index in [0.717, 1.165) is 23.5 Å². The van der Waals surface area contributed by atoms with Gasteiger partial charge in [-0.05, 0) is 42.5 Å². The van der Waals surface area contributed by atoms with Crippen LogP contribution in [0.4, 0.5) is 0 Å². The molecule has 1 heterocycles. The lowest BCUT2D eigenvalue weighted by Gasteiger charge is -2.28. The van der Waals surface area contributed by atoms with Crippen molar-refractivity contribution in [1.29, 1.82) is 0 Å². The summed E-state index contributed by atoms with van der Waals surface area (Å²) in [6, 6.07) is 6.13. The Morgan fingerprint density at radius 3 is 2.93 bits per heavy atom. The summed E-state index contributed by atoms with van der Waals surface area (Å²) in [6.45, 7) is 4.42. The monoisotopic (exact) mass is 208 g/mol. The van der Waals surface area contributed by atoms with E-state index in [2.05, 4.69) is 32.5 Å². The van der Waals surface area contributed by atoms with E-state index in [-0.39, 0.29) is 0 Å². The number of rotatable bonds is 1. The molecule has 0 aromatic heterocycles. The first kappa shape index (κ1) is 9.91. The molecule has 0 saturated carbocycles. The fraction of sp³-hybridized carbons (Fsp3) is 0.500. The summed E-state index contributed by atoms with van der Waals surface area (Å²) in [5, 5.41) is 0. The third-order valence-corrected chi connectivity index (χ3v) is 3.04. The van der Waals surface area contributed by atoms with Crippen molar-refractivity contribution in [2.45, 2.75) is 37.7 Å². The second-order valence-electron chi connectivity index (χ2n) is 4.23. The molecule has 2 rings (SSSR count). The quantitative estimate of drug-likeness (QED) is 0.696. The molecule has 0 radical (unpaired) electrons. The Bertz CT molecular complexity index is 333. The summed E-state index contributed by atoms with van der Waals surface area (Å²) in [6.07, 6.45) is 2.63. The second kappa shape index (κ2) is 3.85. The van der Waals surface area contributed by atoms with Crippen molar-refractivity contribution in [3.63, 3.8) is 0 Å². The molecule has 1 aliphatic heterocycles. The Hall–Kier alpha value is -0.630. The highest BCUT2D eigenvalue weighted by Crippen LogP contribution is 2.31. The van der Waals surface area contributed by atoms with Crippen molar-refractivity contribution in [2.24, 2.45) is 5.92 Å². The largest absolute Gasteiger partial charge is 0.490 e. The first-order valence-corrected chi connectivity index (χ1v) is 5.60. The van der Waals surface area contributed by atoms with E-state index in [1.165, 1.54) is 5.56 Å². The molecule has 0 N–H and O–H groups in total. The molecule has 1 atom stereocenters. The van der Waals surface area contributed by atoms with Gasteiger partial charge in [0.1, 0.15) is 11.9 Å². The van der Waals surface area contributed by atoms with Crippen LogP contribution in [0.3, 0.4) is 0 Å². The van der Waals surface area contributed by atoms with Gasteiger partial charge in [0, 0.05) is 4.90 Å². The number of benzene rings is 1. The zero-order chi connectivity index (χ0) is 10.1. The summed E-state index contributed by atoms with van der Waals surface area (Å²) in [4.78, 5) is 1.02. The van der Waals surface area contributed by atoms with Crippen molar-refractivity contribution < 1.29 is 4.74 Å². The molecular weight excluding hydrogens is 192 g/mol. The van der Waals surface area contributed by atoms with Gasteiger partial charge >= 0.3 is 0 Å². The van der Waals surface area contributed by atoms with Crippen molar-refractivity contribution >= 4 is 12.6 Å². The maximum atomic E-state index is 5.91. The SMILES string of the molecule is CC(C)C1CCc2cc(S)ccc2O1. The Balaban J connectivity index is 2.23. The van der Waals surface area contributed by atoms with Crippen molar-refractivity contribution in [2.75, 3.05) is 0 Å². The van der Waals surface area contributed by atoms with E-state index in [1.54, 1.807) is 0 Å². The Morgan fingerprint density at radius 2 is 2.21 bits per heavy atom. The maximum Gasteiger partial charge on any atom is 0.122 e. The van der Waals surface area contributed by atoms with Gasteiger partial charge in [-0.25, -0.2) is 0 Å². The Kier molecular flexibility index (Phi) is 2.73. The molecule has 0 spiro atoms. The number of aryl methyl sites for hydroxylation is 1. The van der Waals surface area contributed by atoms with E-state index in [1.807, 2.05) is 12.1 Å². The van der Waals surface area contributed by atoms with Crippen molar-refractivity contribution in [3.8, 4) is 5.75 Å². The van der Waals surface area contributed by atoms with Gasteiger partial charge in [-0.1, -0.05) is 13.8 Å². The average Bonchev–Trinajstić information content (AvgIpc) is 2.16. The van der Waals surface area contributed by atoms with Gasteiger partial charge in [-0.2, -0.15) is 0 Å². The summed E-state index contributed by atoms with van der Waals surface area (Å²) >= 11 is 4.33. The predicted molar refractivity (Wildman–Crippen MR) is 61.3 cm³/mol. The summed E-state index contributed by atoms with van der Waals surface area (Å²) < 4.78 is 5.91. The molecule has 1 aromatic carbocycles. The molecule has 14 heavy (non-hydrogen) atoms. The fourth-order valence-corrected chi connectivity index (χ4v) is 2.10. The number of thiol groups is 1. The topological polar surface area (TPSA) is 9.23 Å². The minimum atomic E-state index is 0.383. The van der Waals surface area contributed by atoms with E-state index in [0.29, 0.717) is 12.0 Å². The number of fused-ring (bicyclic) bond motifs is 1. The number of hydrogen-bond donors (Lipinski definition) is 1. The van der Waals surface area contributed by atoms with Crippen molar-refractivity contribution in [1.82, 2.24) is 0 Å². The van der Waals surface area contributed by atoms with Crippen LogP contribution in [0.15, 0.2) is 23.1 Å². The molecular formula is C12H16OS. The van der Waals surface area contributed by atoms with Gasteiger partial charge in [0.2, 0.25) is 0 Å². The van der Waals surface area contributed by atoms with Crippen LogP contribution >= 0.6 is 12.6 Å². The summed E-state index contributed by atoms with van der Waals surface area (Å²) in [7, 11) is 0. The molecule has 0 aliphatic carbocycles. The maximum absolute atomic E-state index is 5.91. The van der Waals surface area contributed by atoms with Crippen LogP contribution in [0.1, 0.15) is 25.8 Å².